The minimum Gasteiger partial charge on any atom is -0.424 e. The minimum atomic E-state index is 0.265. The first-order chi connectivity index (χ1) is 7.18. The van der Waals surface area contributed by atoms with Gasteiger partial charge in [-0.2, -0.15) is 0 Å². The SMILES string of the molecule is Cc1nnc(CNC2(C)CCCCC2)o1. The van der Waals surface area contributed by atoms with Gasteiger partial charge in [0, 0.05) is 12.5 Å². The third-order valence-corrected chi connectivity index (χ3v) is 3.19. The summed E-state index contributed by atoms with van der Waals surface area (Å²) in [5.41, 5.74) is 0.265. The molecule has 0 spiro atoms. The highest BCUT2D eigenvalue weighted by Gasteiger charge is 2.26. The Hall–Kier alpha value is -0.900. The quantitative estimate of drug-likeness (QED) is 0.829. The van der Waals surface area contributed by atoms with Crippen LogP contribution in [0.25, 0.3) is 0 Å². The smallest absolute Gasteiger partial charge is 0.230 e. The molecule has 1 saturated carbocycles. The van der Waals surface area contributed by atoms with E-state index < -0.39 is 0 Å². The molecule has 0 aliphatic heterocycles. The maximum Gasteiger partial charge on any atom is 0.230 e. The third-order valence-electron chi connectivity index (χ3n) is 3.19. The Balaban J connectivity index is 1.86. The Morgan fingerprint density at radius 3 is 2.60 bits per heavy atom. The van der Waals surface area contributed by atoms with E-state index in [1.165, 1.54) is 32.1 Å². The molecule has 0 saturated heterocycles. The number of aromatic nitrogens is 2. The summed E-state index contributed by atoms with van der Waals surface area (Å²) in [6.45, 7) is 4.80. The van der Waals surface area contributed by atoms with E-state index in [-0.39, 0.29) is 5.54 Å². The van der Waals surface area contributed by atoms with E-state index in [0.717, 1.165) is 0 Å². The monoisotopic (exact) mass is 209 g/mol. The van der Waals surface area contributed by atoms with Crippen molar-refractivity contribution in [2.24, 2.45) is 0 Å². The number of aryl methyl sites for hydroxylation is 1. The molecule has 0 atom stereocenters. The van der Waals surface area contributed by atoms with Crippen molar-refractivity contribution in [2.45, 2.75) is 58.0 Å². The average Bonchev–Trinajstić information content (AvgIpc) is 2.63. The van der Waals surface area contributed by atoms with E-state index in [2.05, 4.69) is 22.4 Å². The van der Waals surface area contributed by atoms with E-state index in [4.69, 9.17) is 4.42 Å². The molecule has 1 aromatic heterocycles. The molecule has 1 aromatic rings. The Morgan fingerprint density at radius 1 is 1.27 bits per heavy atom. The maximum absolute atomic E-state index is 5.33. The fourth-order valence-electron chi connectivity index (χ4n) is 2.21. The van der Waals surface area contributed by atoms with Gasteiger partial charge in [0.15, 0.2) is 0 Å². The van der Waals surface area contributed by atoms with Crippen LogP contribution in [0.4, 0.5) is 0 Å². The first-order valence-corrected chi connectivity index (χ1v) is 5.72. The highest BCUT2D eigenvalue weighted by atomic mass is 16.4. The standard InChI is InChI=1S/C11H19N3O/c1-9-13-14-10(15-9)8-12-11(2)6-4-3-5-7-11/h12H,3-8H2,1-2H3. The van der Waals surface area contributed by atoms with E-state index in [9.17, 15) is 0 Å². The summed E-state index contributed by atoms with van der Waals surface area (Å²) in [6, 6.07) is 0. The molecule has 0 aromatic carbocycles. The summed E-state index contributed by atoms with van der Waals surface area (Å²) in [6.07, 6.45) is 6.52. The lowest BCUT2D eigenvalue weighted by Gasteiger charge is -2.34. The van der Waals surface area contributed by atoms with Crippen molar-refractivity contribution in [1.29, 1.82) is 0 Å². The molecule has 0 radical (unpaired) electrons. The summed E-state index contributed by atoms with van der Waals surface area (Å²) in [5.74, 6) is 1.33. The Bertz CT molecular complexity index is 315. The van der Waals surface area contributed by atoms with Crippen molar-refractivity contribution in [3.8, 4) is 0 Å². The van der Waals surface area contributed by atoms with E-state index in [1.807, 2.05) is 6.92 Å². The van der Waals surface area contributed by atoms with Crippen LogP contribution in [0.2, 0.25) is 0 Å². The first kappa shape index (κ1) is 10.6. The predicted octanol–water partition coefficient (Wildman–Crippen LogP) is 2.19. The highest BCUT2D eigenvalue weighted by molar-refractivity contribution is 4.88. The van der Waals surface area contributed by atoms with Crippen LogP contribution in [0.3, 0.4) is 0 Å². The lowest BCUT2D eigenvalue weighted by atomic mass is 9.83. The van der Waals surface area contributed by atoms with Crippen molar-refractivity contribution in [1.82, 2.24) is 15.5 Å². The van der Waals surface area contributed by atoms with Crippen LogP contribution in [-0.2, 0) is 6.54 Å². The van der Waals surface area contributed by atoms with E-state index in [0.29, 0.717) is 18.3 Å². The first-order valence-electron chi connectivity index (χ1n) is 5.72. The molecular formula is C11H19N3O. The van der Waals surface area contributed by atoms with Gasteiger partial charge < -0.3 is 9.73 Å². The average molecular weight is 209 g/mol. The van der Waals surface area contributed by atoms with Gasteiger partial charge in [-0.1, -0.05) is 19.3 Å². The van der Waals surface area contributed by atoms with Crippen LogP contribution in [0.1, 0.15) is 50.8 Å². The lowest BCUT2D eigenvalue weighted by Crippen LogP contribution is -2.43. The number of hydrogen-bond donors (Lipinski definition) is 1. The zero-order chi connectivity index (χ0) is 10.7. The van der Waals surface area contributed by atoms with Crippen molar-refractivity contribution >= 4 is 0 Å². The van der Waals surface area contributed by atoms with Crippen LogP contribution in [0.5, 0.6) is 0 Å². The third kappa shape index (κ3) is 2.78. The van der Waals surface area contributed by atoms with Crippen molar-refractivity contribution in [3.05, 3.63) is 11.8 Å². The molecule has 1 N–H and O–H groups in total. The summed E-state index contributed by atoms with van der Waals surface area (Å²) < 4.78 is 5.33. The highest BCUT2D eigenvalue weighted by Crippen LogP contribution is 2.27. The molecule has 1 aliphatic carbocycles. The van der Waals surface area contributed by atoms with Gasteiger partial charge in [0.2, 0.25) is 11.8 Å². The zero-order valence-corrected chi connectivity index (χ0v) is 9.55. The molecule has 2 rings (SSSR count). The van der Waals surface area contributed by atoms with Crippen LogP contribution in [0.15, 0.2) is 4.42 Å². The normalized spacial score (nSPS) is 20.4. The van der Waals surface area contributed by atoms with Crippen LogP contribution >= 0.6 is 0 Å². The summed E-state index contributed by atoms with van der Waals surface area (Å²) in [7, 11) is 0. The number of hydrogen-bond acceptors (Lipinski definition) is 4. The molecule has 0 bridgehead atoms. The second-order valence-corrected chi connectivity index (χ2v) is 4.69. The summed E-state index contributed by atoms with van der Waals surface area (Å²) in [4.78, 5) is 0. The van der Waals surface area contributed by atoms with Gasteiger partial charge in [-0.05, 0) is 19.8 Å². The molecule has 15 heavy (non-hydrogen) atoms. The van der Waals surface area contributed by atoms with Gasteiger partial charge in [-0.3, -0.25) is 0 Å². The Morgan fingerprint density at radius 2 is 2.00 bits per heavy atom. The van der Waals surface area contributed by atoms with E-state index in [1.54, 1.807) is 0 Å². The fourth-order valence-corrected chi connectivity index (χ4v) is 2.21. The summed E-state index contributed by atoms with van der Waals surface area (Å²) in [5, 5.41) is 11.3. The Kier molecular flexibility index (Phi) is 3.05. The van der Waals surface area contributed by atoms with Crippen LogP contribution in [-0.4, -0.2) is 15.7 Å². The van der Waals surface area contributed by atoms with Crippen LogP contribution < -0.4 is 5.32 Å². The molecule has 0 amide bonds. The topological polar surface area (TPSA) is 51.0 Å². The lowest BCUT2D eigenvalue weighted by molar-refractivity contribution is 0.243. The number of rotatable bonds is 3. The van der Waals surface area contributed by atoms with Gasteiger partial charge in [0.05, 0.1) is 6.54 Å². The predicted molar refractivity (Wildman–Crippen MR) is 57.4 cm³/mol. The molecule has 0 unspecified atom stereocenters. The van der Waals surface area contributed by atoms with Crippen molar-refractivity contribution in [3.63, 3.8) is 0 Å². The second-order valence-electron chi connectivity index (χ2n) is 4.69. The number of nitrogens with zero attached hydrogens (tertiary/aromatic N) is 2. The molecule has 84 valence electrons. The van der Waals surface area contributed by atoms with Crippen LogP contribution in [0, 0.1) is 6.92 Å². The molecule has 4 heteroatoms. The molecule has 1 fully saturated rings. The minimum absolute atomic E-state index is 0.265. The Labute approximate surface area is 90.5 Å². The van der Waals surface area contributed by atoms with Gasteiger partial charge >= 0.3 is 0 Å². The molecule has 1 aliphatic rings. The molecular weight excluding hydrogens is 190 g/mol. The number of nitrogens with one attached hydrogen (secondary N) is 1. The maximum atomic E-state index is 5.33. The summed E-state index contributed by atoms with van der Waals surface area (Å²) >= 11 is 0. The second kappa shape index (κ2) is 4.31. The van der Waals surface area contributed by atoms with Gasteiger partial charge in [0.25, 0.3) is 0 Å². The van der Waals surface area contributed by atoms with Gasteiger partial charge in [0.1, 0.15) is 0 Å². The molecule has 1 heterocycles. The fraction of sp³-hybridized carbons (Fsp3) is 0.818. The molecule has 4 nitrogen and oxygen atoms in total. The van der Waals surface area contributed by atoms with E-state index >= 15 is 0 Å². The van der Waals surface area contributed by atoms with Crippen molar-refractivity contribution < 1.29 is 4.42 Å². The van der Waals surface area contributed by atoms with Gasteiger partial charge in [-0.25, -0.2) is 0 Å². The van der Waals surface area contributed by atoms with Gasteiger partial charge in [-0.15, -0.1) is 10.2 Å². The zero-order valence-electron chi connectivity index (χ0n) is 9.55. The largest absolute Gasteiger partial charge is 0.424 e. The van der Waals surface area contributed by atoms with Crippen molar-refractivity contribution in [2.75, 3.05) is 0 Å².